The Morgan fingerprint density at radius 1 is 0.609 bits per heavy atom. The predicted molar refractivity (Wildman–Crippen MR) is 104 cm³/mol. The lowest BCUT2D eigenvalue weighted by Gasteiger charge is -2.26. The van der Waals surface area contributed by atoms with Crippen molar-refractivity contribution >= 4 is 23.1 Å². The van der Waals surface area contributed by atoms with Gasteiger partial charge in [-0.1, -0.05) is 36.0 Å². The van der Waals surface area contributed by atoms with E-state index in [1.54, 1.807) is 11.8 Å². The minimum absolute atomic E-state index is 0.0415. The molecule has 2 nitrogen and oxygen atoms in total. The highest BCUT2D eigenvalue weighted by atomic mass is 32.2. The highest BCUT2D eigenvalue weighted by Crippen LogP contribution is 2.38. The van der Waals surface area contributed by atoms with Gasteiger partial charge in [0.1, 0.15) is 0 Å². The fourth-order valence-electron chi connectivity index (χ4n) is 2.24. The molecule has 0 aliphatic carbocycles. The van der Waals surface area contributed by atoms with E-state index in [-0.39, 0.29) is 11.1 Å². The summed E-state index contributed by atoms with van der Waals surface area (Å²) in [6.45, 7) is 13.1. The number of anilines is 2. The standard InChI is InChI=1S/C20H28N2S/c1-19(2,3)21-15-11-7-9-13-17(15)23-18-14-10-8-12-16(18)22-20(4,5)6/h7-14,21-22H,1-6H3. The third-order valence-corrected chi connectivity index (χ3v) is 4.17. The summed E-state index contributed by atoms with van der Waals surface area (Å²) in [6.07, 6.45) is 0. The van der Waals surface area contributed by atoms with Crippen LogP contribution in [0.25, 0.3) is 0 Å². The molecule has 0 spiro atoms. The first kappa shape index (κ1) is 17.7. The first-order chi connectivity index (χ1) is 10.6. The summed E-state index contributed by atoms with van der Waals surface area (Å²) in [5, 5.41) is 7.19. The maximum Gasteiger partial charge on any atom is 0.0486 e. The second-order valence-corrected chi connectivity index (χ2v) is 8.93. The summed E-state index contributed by atoms with van der Waals surface area (Å²) in [6, 6.07) is 17.0. The van der Waals surface area contributed by atoms with E-state index in [4.69, 9.17) is 0 Å². The molecular weight excluding hydrogens is 300 g/mol. The smallest absolute Gasteiger partial charge is 0.0486 e. The van der Waals surface area contributed by atoms with Crippen molar-refractivity contribution < 1.29 is 0 Å². The lowest BCUT2D eigenvalue weighted by Crippen LogP contribution is -2.26. The molecule has 3 heteroatoms. The summed E-state index contributed by atoms with van der Waals surface area (Å²) >= 11 is 1.80. The Hall–Kier alpha value is -1.61. The van der Waals surface area contributed by atoms with Crippen molar-refractivity contribution in [1.82, 2.24) is 0 Å². The number of hydrogen-bond acceptors (Lipinski definition) is 3. The van der Waals surface area contributed by atoms with Gasteiger partial charge in [0.25, 0.3) is 0 Å². The van der Waals surface area contributed by atoms with Gasteiger partial charge in [0.05, 0.1) is 0 Å². The molecule has 0 bridgehead atoms. The first-order valence-corrected chi connectivity index (χ1v) is 8.88. The average Bonchev–Trinajstić information content (AvgIpc) is 2.40. The SMILES string of the molecule is CC(C)(C)Nc1ccccc1Sc1ccccc1NC(C)(C)C. The lowest BCUT2D eigenvalue weighted by atomic mass is 10.1. The first-order valence-electron chi connectivity index (χ1n) is 8.06. The molecule has 2 aromatic rings. The van der Waals surface area contributed by atoms with Crippen LogP contribution in [0, 0.1) is 0 Å². The van der Waals surface area contributed by atoms with Crippen molar-refractivity contribution in [3.63, 3.8) is 0 Å². The molecule has 0 unspecified atom stereocenters. The molecule has 23 heavy (non-hydrogen) atoms. The molecule has 0 saturated heterocycles. The fraction of sp³-hybridized carbons (Fsp3) is 0.400. The van der Waals surface area contributed by atoms with Crippen LogP contribution >= 0.6 is 11.8 Å². The lowest BCUT2D eigenvalue weighted by molar-refractivity contribution is 0.632. The Balaban J connectivity index is 2.30. The van der Waals surface area contributed by atoms with Crippen LogP contribution in [0.4, 0.5) is 11.4 Å². The van der Waals surface area contributed by atoms with Gasteiger partial charge in [-0.05, 0) is 65.8 Å². The third kappa shape index (κ3) is 5.83. The van der Waals surface area contributed by atoms with Crippen LogP contribution in [0.5, 0.6) is 0 Å². The van der Waals surface area contributed by atoms with E-state index in [1.165, 1.54) is 21.2 Å². The molecule has 2 aromatic carbocycles. The molecule has 0 aliphatic rings. The van der Waals surface area contributed by atoms with E-state index in [0.717, 1.165) is 0 Å². The van der Waals surface area contributed by atoms with Crippen LogP contribution in [-0.2, 0) is 0 Å². The maximum atomic E-state index is 3.60. The highest BCUT2D eigenvalue weighted by molar-refractivity contribution is 7.99. The molecule has 0 aliphatic heterocycles. The van der Waals surface area contributed by atoms with Crippen LogP contribution < -0.4 is 10.6 Å². The van der Waals surface area contributed by atoms with Crippen molar-refractivity contribution in [3.05, 3.63) is 48.5 Å². The van der Waals surface area contributed by atoms with Gasteiger partial charge < -0.3 is 10.6 Å². The quantitative estimate of drug-likeness (QED) is 0.692. The molecule has 2 N–H and O–H groups in total. The molecular formula is C20H28N2S. The Labute approximate surface area is 145 Å². The van der Waals surface area contributed by atoms with Crippen molar-refractivity contribution in [2.24, 2.45) is 0 Å². The second kappa shape index (κ2) is 6.88. The van der Waals surface area contributed by atoms with E-state index in [9.17, 15) is 0 Å². The van der Waals surface area contributed by atoms with Gasteiger partial charge in [-0.3, -0.25) is 0 Å². The molecule has 0 radical (unpaired) electrons. The molecule has 0 amide bonds. The Kier molecular flexibility index (Phi) is 5.30. The Morgan fingerprint density at radius 2 is 0.957 bits per heavy atom. The topological polar surface area (TPSA) is 24.1 Å². The molecule has 0 heterocycles. The van der Waals surface area contributed by atoms with Gasteiger partial charge in [0.2, 0.25) is 0 Å². The summed E-state index contributed by atoms with van der Waals surface area (Å²) < 4.78 is 0. The molecule has 0 saturated carbocycles. The zero-order valence-corrected chi connectivity index (χ0v) is 15.8. The number of rotatable bonds is 4. The second-order valence-electron chi connectivity index (χ2n) is 7.84. The van der Waals surface area contributed by atoms with E-state index in [0.29, 0.717) is 0 Å². The molecule has 0 aromatic heterocycles. The van der Waals surface area contributed by atoms with Crippen molar-refractivity contribution in [2.45, 2.75) is 62.4 Å². The largest absolute Gasteiger partial charge is 0.380 e. The average molecular weight is 329 g/mol. The van der Waals surface area contributed by atoms with Gasteiger partial charge >= 0.3 is 0 Å². The zero-order chi connectivity index (χ0) is 17.1. The minimum atomic E-state index is 0.0415. The number of nitrogens with one attached hydrogen (secondary N) is 2. The van der Waals surface area contributed by atoms with E-state index >= 15 is 0 Å². The maximum absolute atomic E-state index is 3.60. The summed E-state index contributed by atoms with van der Waals surface area (Å²) in [5.74, 6) is 0. The van der Waals surface area contributed by atoms with Crippen LogP contribution in [0.15, 0.2) is 58.3 Å². The Morgan fingerprint density at radius 3 is 1.30 bits per heavy atom. The normalized spacial score (nSPS) is 12.1. The molecule has 124 valence electrons. The minimum Gasteiger partial charge on any atom is -0.380 e. The van der Waals surface area contributed by atoms with E-state index in [2.05, 4.69) is 101 Å². The van der Waals surface area contributed by atoms with Crippen LogP contribution in [0.2, 0.25) is 0 Å². The molecule has 0 atom stereocenters. The van der Waals surface area contributed by atoms with Crippen molar-refractivity contribution in [2.75, 3.05) is 10.6 Å². The van der Waals surface area contributed by atoms with Crippen LogP contribution in [0.3, 0.4) is 0 Å². The van der Waals surface area contributed by atoms with Gasteiger partial charge in [-0.15, -0.1) is 0 Å². The summed E-state index contributed by atoms with van der Waals surface area (Å²) in [7, 11) is 0. The number of para-hydroxylation sites is 2. The monoisotopic (exact) mass is 328 g/mol. The van der Waals surface area contributed by atoms with Gasteiger partial charge in [-0.2, -0.15) is 0 Å². The zero-order valence-electron chi connectivity index (χ0n) is 15.0. The van der Waals surface area contributed by atoms with Gasteiger partial charge in [0, 0.05) is 32.2 Å². The predicted octanol–water partition coefficient (Wildman–Crippen LogP) is 6.26. The Bertz CT molecular complexity index is 594. The van der Waals surface area contributed by atoms with Crippen LogP contribution in [0.1, 0.15) is 41.5 Å². The fourth-order valence-corrected chi connectivity index (χ4v) is 3.23. The van der Waals surface area contributed by atoms with E-state index < -0.39 is 0 Å². The van der Waals surface area contributed by atoms with Crippen molar-refractivity contribution in [3.8, 4) is 0 Å². The van der Waals surface area contributed by atoms with Crippen molar-refractivity contribution in [1.29, 1.82) is 0 Å². The molecule has 0 fully saturated rings. The van der Waals surface area contributed by atoms with Gasteiger partial charge in [-0.25, -0.2) is 0 Å². The van der Waals surface area contributed by atoms with Crippen LogP contribution in [-0.4, -0.2) is 11.1 Å². The number of benzene rings is 2. The van der Waals surface area contributed by atoms with Gasteiger partial charge in [0.15, 0.2) is 0 Å². The molecule has 2 rings (SSSR count). The third-order valence-electron chi connectivity index (χ3n) is 3.01. The van der Waals surface area contributed by atoms with E-state index in [1.807, 2.05) is 0 Å². The summed E-state index contributed by atoms with van der Waals surface area (Å²) in [4.78, 5) is 2.48. The summed E-state index contributed by atoms with van der Waals surface area (Å²) in [5.41, 5.74) is 2.44. The number of hydrogen-bond donors (Lipinski definition) is 2. The highest BCUT2D eigenvalue weighted by Gasteiger charge is 2.15.